The summed E-state index contributed by atoms with van der Waals surface area (Å²) in [7, 11) is 0. The van der Waals surface area contributed by atoms with Gasteiger partial charge in [0, 0.05) is 59.0 Å². The molecule has 1 N–H and O–H groups in total. The number of fused-ring (bicyclic) bond motifs is 1. The van der Waals surface area contributed by atoms with E-state index in [1.165, 1.54) is 0 Å². The summed E-state index contributed by atoms with van der Waals surface area (Å²) in [6.45, 7) is 13.6. The number of ether oxygens (including phenoxy) is 2. The monoisotopic (exact) mass is 608 g/mol. The van der Waals surface area contributed by atoms with Crippen LogP contribution >= 0.6 is 0 Å². The van der Waals surface area contributed by atoms with Gasteiger partial charge in [0.25, 0.3) is 0 Å². The Hall–Kier alpha value is -3.05. The predicted molar refractivity (Wildman–Crippen MR) is 166 cm³/mol. The van der Waals surface area contributed by atoms with E-state index in [1.54, 1.807) is 26.9 Å². The molecule has 0 aliphatic carbocycles. The Kier molecular flexibility index (Phi) is 10.9. The summed E-state index contributed by atoms with van der Waals surface area (Å²) in [6.07, 6.45) is 6.25. The number of carbonyl (C=O) groups excluding carboxylic acids is 3. The molecule has 1 aromatic carbocycles. The number of rotatable bonds is 16. The van der Waals surface area contributed by atoms with Gasteiger partial charge in [-0.2, -0.15) is 0 Å². The van der Waals surface area contributed by atoms with Gasteiger partial charge in [0.2, 0.25) is 17.7 Å². The largest absolute Gasteiger partial charge is 0.396 e. The first-order valence-electron chi connectivity index (χ1n) is 16.2. The lowest BCUT2D eigenvalue weighted by atomic mass is 9.70. The molecule has 4 saturated heterocycles. The Morgan fingerprint density at radius 1 is 1.00 bits per heavy atom. The van der Waals surface area contributed by atoms with Crippen LogP contribution in [0.1, 0.15) is 37.7 Å². The Morgan fingerprint density at radius 3 is 2.43 bits per heavy atom. The van der Waals surface area contributed by atoms with Crippen LogP contribution in [0.5, 0.6) is 0 Å². The number of amides is 3. The molecule has 4 aliphatic rings. The van der Waals surface area contributed by atoms with Gasteiger partial charge in [-0.25, -0.2) is 0 Å². The summed E-state index contributed by atoms with van der Waals surface area (Å²) in [6, 6.07) is 9.00. The normalized spacial score (nSPS) is 27.8. The third-order valence-electron chi connectivity index (χ3n) is 9.70. The van der Waals surface area contributed by atoms with Gasteiger partial charge in [0.15, 0.2) is 0 Å². The molecule has 4 heterocycles. The first-order valence-corrected chi connectivity index (χ1v) is 16.2. The molecule has 240 valence electrons. The second-order valence-corrected chi connectivity index (χ2v) is 12.4. The summed E-state index contributed by atoms with van der Waals surface area (Å²) in [5.41, 5.74) is -0.0423. The predicted octanol–water partition coefficient (Wildman–Crippen LogP) is 2.09. The van der Waals surface area contributed by atoms with Crippen molar-refractivity contribution in [1.82, 2.24) is 19.6 Å². The number of unbranched alkanes of at least 4 members (excludes halogenated alkanes) is 2. The van der Waals surface area contributed by atoms with Gasteiger partial charge < -0.3 is 29.3 Å². The topological polar surface area (TPSA) is 103 Å². The lowest BCUT2D eigenvalue weighted by Crippen LogP contribution is -2.57. The van der Waals surface area contributed by atoms with Crippen LogP contribution in [0.2, 0.25) is 0 Å². The molecule has 5 atom stereocenters. The van der Waals surface area contributed by atoms with Crippen molar-refractivity contribution in [3.05, 3.63) is 61.2 Å². The summed E-state index contributed by atoms with van der Waals surface area (Å²) in [5, 5.41) is 9.33. The zero-order valence-corrected chi connectivity index (χ0v) is 25.9. The molecular formula is C34H48N4O6. The molecule has 0 radical (unpaired) electrons. The van der Waals surface area contributed by atoms with Crippen molar-refractivity contribution in [2.45, 2.75) is 56.4 Å². The average molecular weight is 609 g/mol. The Labute approximate surface area is 261 Å². The van der Waals surface area contributed by atoms with E-state index in [9.17, 15) is 19.5 Å². The zero-order valence-electron chi connectivity index (χ0n) is 25.9. The summed E-state index contributed by atoms with van der Waals surface area (Å²) >= 11 is 0. The van der Waals surface area contributed by atoms with E-state index < -0.39 is 29.6 Å². The molecule has 4 aliphatic heterocycles. The van der Waals surface area contributed by atoms with Crippen molar-refractivity contribution in [1.29, 1.82) is 0 Å². The molecule has 10 heteroatoms. The summed E-state index contributed by atoms with van der Waals surface area (Å²) in [4.78, 5) is 50.7. The fourth-order valence-corrected chi connectivity index (χ4v) is 7.64. The van der Waals surface area contributed by atoms with Crippen LogP contribution in [0.25, 0.3) is 0 Å². The van der Waals surface area contributed by atoms with Crippen LogP contribution in [0.3, 0.4) is 0 Å². The maximum Gasteiger partial charge on any atom is 0.248 e. The van der Waals surface area contributed by atoms with Crippen molar-refractivity contribution >= 4 is 17.7 Å². The van der Waals surface area contributed by atoms with E-state index >= 15 is 0 Å². The highest BCUT2D eigenvalue weighted by atomic mass is 16.5. The molecule has 1 spiro atoms. The van der Waals surface area contributed by atoms with E-state index in [-0.39, 0.29) is 24.3 Å². The second kappa shape index (κ2) is 14.8. The fraction of sp³-hybridized carbons (Fsp3) is 0.618. The van der Waals surface area contributed by atoms with E-state index in [2.05, 4.69) is 18.1 Å². The van der Waals surface area contributed by atoms with Crippen LogP contribution in [-0.4, -0.2) is 126 Å². The van der Waals surface area contributed by atoms with Gasteiger partial charge in [-0.3, -0.25) is 19.3 Å². The number of morpholine rings is 1. The molecule has 3 amide bonds. The second-order valence-electron chi connectivity index (χ2n) is 12.4. The Balaban J connectivity index is 1.42. The Morgan fingerprint density at radius 2 is 1.73 bits per heavy atom. The minimum absolute atomic E-state index is 0.0828. The number of nitrogens with zero attached hydrogens (tertiary/aromatic N) is 4. The maximum atomic E-state index is 14.5. The first kappa shape index (κ1) is 32.3. The standard InChI is InChI=1S/C34H48N4O6/c1-3-15-36(19-18-35-20-23-43-24-21-35)33(42)30-34-14-13-27(44-34)28(29(34)32(41)38(30)17-9-6-10-22-39)31(40)37(16-4-2)25-26-11-7-5-8-12-26/h3-5,7-8,11-12,27-30,39H,1-2,6,9-10,13-25H2/t27-,28+,29+,30?,34?/m1/s1. The van der Waals surface area contributed by atoms with Gasteiger partial charge in [0.05, 0.1) is 31.2 Å². The van der Waals surface area contributed by atoms with Crippen LogP contribution in [0.4, 0.5) is 0 Å². The van der Waals surface area contributed by atoms with E-state index in [1.807, 2.05) is 30.3 Å². The lowest BCUT2D eigenvalue weighted by molar-refractivity contribution is -0.149. The molecule has 1 aromatic rings. The van der Waals surface area contributed by atoms with Gasteiger partial charge in [-0.15, -0.1) is 13.2 Å². The zero-order chi connectivity index (χ0) is 31.1. The van der Waals surface area contributed by atoms with Crippen molar-refractivity contribution in [3.63, 3.8) is 0 Å². The summed E-state index contributed by atoms with van der Waals surface area (Å²) < 4.78 is 12.2. The Bertz CT molecular complexity index is 1170. The van der Waals surface area contributed by atoms with E-state index in [0.717, 1.165) is 25.1 Å². The number of benzene rings is 1. The SMILES string of the molecule is C=CCN(CCN1CCOCC1)C(=O)C1N(CCCCCO)C(=O)[C@@H]2[C@@H](C(=O)N(CC=C)Cc3ccccc3)[C@H]3CCC12O3. The highest BCUT2D eigenvalue weighted by Gasteiger charge is 2.74. The van der Waals surface area contributed by atoms with Crippen molar-refractivity contribution in [3.8, 4) is 0 Å². The van der Waals surface area contributed by atoms with E-state index in [4.69, 9.17) is 9.47 Å². The molecule has 0 aromatic heterocycles. The molecule has 44 heavy (non-hydrogen) atoms. The third-order valence-corrected chi connectivity index (χ3v) is 9.70. The van der Waals surface area contributed by atoms with Crippen LogP contribution in [0.15, 0.2) is 55.6 Å². The van der Waals surface area contributed by atoms with Gasteiger partial charge in [0.1, 0.15) is 11.6 Å². The molecule has 2 bridgehead atoms. The van der Waals surface area contributed by atoms with Gasteiger partial charge in [-0.1, -0.05) is 42.5 Å². The number of likely N-dealkylation sites (tertiary alicyclic amines) is 1. The molecule has 4 fully saturated rings. The van der Waals surface area contributed by atoms with Gasteiger partial charge in [-0.05, 0) is 37.7 Å². The van der Waals surface area contributed by atoms with Crippen molar-refractivity contribution in [2.24, 2.45) is 11.8 Å². The highest BCUT2D eigenvalue weighted by Crippen LogP contribution is 2.59. The van der Waals surface area contributed by atoms with Crippen molar-refractivity contribution in [2.75, 3.05) is 65.6 Å². The van der Waals surface area contributed by atoms with Gasteiger partial charge >= 0.3 is 0 Å². The summed E-state index contributed by atoms with van der Waals surface area (Å²) in [5.74, 6) is -1.80. The third kappa shape index (κ3) is 6.49. The number of carbonyl (C=O) groups is 3. The number of aliphatic hydroxyl groups is 1. The fourth-order valence-electron chi connectivity index (χ4n) is 7.64. The minimum Gasteiger partial charge on any atom is -0.396 e. The molecule has 2 unspecified atom stereocenters. The number of aliphatic hydroxyl groups excluding tert-OH is 1. The molecule has 5 rings (SSSR count). The lowest BCUT2D eigenvalue weighted by Gasteiger charge is -2.37. The van der Waals surface area contributed by atoms with E-state index in [0.29, 0.717) is 78.2 Å². The molecular weight excluding hydrogens is 560 g/mol. The minimum atomic E-state index is -1.04. The molecule has 10 nitrogen and oxygen atoms in total. The molecule has 0 saturated carbocycles. The quantitative estimate of drug-likeness (QED) is 0.227. The van der Waals surface area contributed by atoms with Crippen LogP contribution in [0, 0.1) is 11.8 Å². The number of hydrogen-bond acceptors (Lipinski definition) is 7. The first-order chi connectivity index (χ1) is 21.4. The number of hydrogen-bond donors (Lipinski definition) is 1. The van der Waals surface area contributed by atoms with Crippen molar-refractivity contribution < 1.29 is 29.0 Å². The smallest absolute Gasteiger partial charge is 0.248 e. The highest BCUT2D eigenvalue weighted by molar-refractivity contribution is 5.99. The van der Waals surface area contributed by atoms with Crippen LogP contribution in [-0.2, 0) is 30.4 Å². The maximum absolute atomic E-state index is 14.5. The van der Waals surface area contributed by atoms with Crippen LogP contribution < -0.4 is 0 Å². The average Bonchev–Trinajstić information content (AvgIpc) is 3.69.